The number of benzene rings is 1. The molecule has 0 aliphatic carbocycles. The third kappa shape index (κ3) is 26.9. The fraction of sp³-hybridized carbons (Fsp3) is 0.696. The predicted octanol–water partition coefficient (Wildman–Crippen LogP) is -8.83. The first-order valence-electron chi connectivity index (χ1n) is 30.0. The van der Waals surface area contributed by atoms with Crippen molar-refractivity contribution in [2.45, 2.75) is 198 Å². The van der Waals surface area contributed by atoms with Gasteiger partial charge in [0.1, 0.15) is 60.4 Å². The van der Waals surface area contributed by atoms with Crippen LogP contribution in [0.1, 0.15) is 124 Å². The smallest absolute Gasteiger partial charge is 0.245 e. The van der Waals surface area contributed by atoms with E-state index in [1.165, 1.54) is 13.8 Å². The number of hydrogen-bond acceptors (Lipinski definition) is 13. The van der Waals surface area contributed by atoms with Gasteiger partial charge in [0.25, 0.3) is 0 Å². The number of carbonyl (C=O) groups is 11. The van der Waals surface area contributed by atoms with Gasteiger partial charge in [0.2, 0.25) is 65.0 Å². The minimum absolute atomic E-state index is 0.0129. The molecule has 0 radical (unpaired) electrons. The molecule has 1 aromatic rings. The molecule has 2 rings (SSSR count). The molecule has 0 spiro atoms. The molecule has 0 bridgehead atoms. The van der Waals surface area contributed by atoms with Crippen molar-refractivity contribution < 1.29 is 91.6 Å². The van der Waals surface area contributed by atoms with Gasteiger partial charge in [-0.1, -0.05) is 77.3 Å². The quantitative estimate of drug-likeness (QED) is 0.0332. The number of amides is 11. The first-order chi connectivity index (χ1) is 40.3. The third-order valence-electron chi connectivity index (χ3n) is 14.4. The monoisotopic (exact) mass is 1210 g/mol. The standard InChI is InChI=1S/C56H98N16O13/c1-7-32(4)13-11-12-16-44(75)63-36(17-23-57)51(80)72-46(34(6)74)56(85)68-39(20-26-60)48(77)67-41-22-28-62-55(84)45(33(5)73)71-52(81)40(21-27-61)65-47(76)37(18-24-58)66-53(82)42(29-31(2)3)69-54(83)43(30-35-14-9-8-10-15-35)70-49(78)38(19-25-59)64-50(41)79/h8-10,14-15,31-34,36-43,45-46,73-74H,7,11-13,16-30,57-61H2,1-6H3,(H,62,84)(H,63,75)(H,64,79)(H,65,76)(H,66,82)(H,67,77)(H,68,85)(H,69,83)(H,70,78)(H,71,81)(H,72,80)/p+5/t32-,33-,34-,36+,37+,38+,39+,40+,41+,42+,43-,45+,46+/m1/s1. The van der Waals surface area contributed by atoms with E-state index in [0.717, 1.165) is 19.3 Å². The molecule has 29 heteroatoms. The van der Waals surface area contributed by atoms with Crippen molar-refractivity contribution in [3.63, 3.8) is 0 Å². The van der Waals surface area contributed by atoms with Crippen molar-refractivity contribution in [3.05, 3.63) is 35.9 Å². The maximum absolute atomic E-state index is 14.6. The van der Waals surface area contributed by atoms with E-state index in [-0.39, 0.29) is 95.9 Å². The SMILES string of the molecule is CC[C@@H](C)CCCCC(=O)N[C@@H](CC[NH3+])C(=O)N[C@H](C(=O)N[C@@H](CC[NH3+])C(=O)N[C@H]1CCNC(=O)[C@H]([C@@H](C)O)NC(=O)[C@H](CC[NH3+])NC(=O)[C@H](CC[NH3+])NC(=O)[C@H](CC(C)C)NC(=O)[C@@H](Cc2ccccc2)NC(=O)[C@H](CC[NH3+])NC1=O)[C@@H](C)O. The van der Waals surface area contributed by atoms with Gasteiger partial charge in [-0.05, 0) is 50.5 Å². The normalized spacial score (nSPS) is 22.9. The highest BCUT2D eigenvalue weighted by atomic mass is 16.3. The van der Waals surface area contributed by atoms with Crippen LogP contribution in [0.5, 0.6) is 0 Å². The average Bonchev–Trinajstić information content (AvgIpc) is 3.67. The molecule has 1 aromatic carbocycles. The molecule has 0 aromatic heterocycles. The summed E-state index contributed by atoms with van der Waals surface area (Å²) < 4.78 is 0. The highest BCUT2D eigenvalue weighted by Crippen LogP contribution is 2.14. The number of carbonyl (C=O) groups excluding carboxylic acids is 11. The van der Waals surface area contributed by atoms with Crippen molar-refractivity contribution in [1.29, 1.82) is 0 Å². The van der Waals surface area contributed by atoms with Crippen LogP contribution >= 0.6 is 0 Å². The molecular formula is C56H103N16O13+5. The molecule has 1 aliphatic heterocycles. The lowest BCUT2D eigenvalue weighted by atomic mass is 10.00. The van der Waals surface area contributed by atoms with Crippen molar-refractivity contribution in [1.82, 2.24) is 58.5 Å². The zero-order valence-corrected chi connectivity index (χ0v) is 50.8. The van der Waals surface area contributed by atoms with E-state index in [0.29, 0.717) is 17.9 Å². The van der Waals surface area contributed by atoms with Crippen LogP contribution in [0, 0.1) is 11.8 Å². The molecule has 1 saturated heterocycles. The summed E-state index contributed by atoms with van der Waals surface area (Å²) in [6, 6.07) is -5.42. The number of aliphatic hydroxyl groups excluding tert-OH is 2. The Morgan fingerprint density at radius 2 is 1.06 bits per heavy atom. The summed E-state index contributed by atoms with van der Waals surface area (Å²) in [5.41, 5.74) is 19.7. The van der Waals surface area contributed by atoms with E-state index in [9.17, 15) is 63.0 Å². The van der Waals surface area contributed by atoms with Gasteiger partial charge in [-0.3, -0.25) is 52.7 Å². The van der Waals surface area contributed by atoms with Crippen molar-refractivity contribution in [2.24, 2.45) is 11.8 Å². The topological polar surface area (TPSA) is 499 Å². The van der Waals surface area contributed by atoms with Gasteiger partial charge in [-0.2, -0.15) is 0 Å². The number of unbranched alkanes of at least 4 members (excludes halogenated alkanes) is 1. The Morgan fingerprint density at radius 1 is 0.565 bits per heavy atom. The summed E-state index contributed by atoms with van der Waals surface area (Å²) in [5.74, 6) is -8.77. The number of nitrogens with one attached hydrogen (secondary N) is 11. The molecule has 1 aliphatic rings. The summed E-state index contributed by atoms with van der Waals surface area (Å²) >= 11 is 0. The Balaban J connectivity index is 2.67. The Labute approximate surface area is 498 Å². The molecule has 480 valence electrons. The van der Waals surface area contributed by atoms with Crippen LogP contribution in [0.4, 0.5) is 0 Å². The number of rotatable bonds is 29. The van der Waals surface area contributed by atoms with Gasteiger partial charge in [-0.25, -0.2) is 0 Å². The Bertz CT molecular complexity index is 2320. The molecule has 0 unspecified atom stereocenters. The van der Waals surface area contributed by atoms with E-state index in [4.69, 9.17) is 0 Å². The number of aliphatic hydroxyl groups is 2. The molecule has 0 saturated carbocycles. The number of quaternary nitrogens is 5. The van der Waals surface area contributed by atoms with Crippen molar-refractivity contribution in [2.75, 3.05) is 39.3 Å². The summed E-state index contributed by atoms with van der Waals surface area (Å²) in [6.07, 6.45) is -0.0704. The van der Waals surface area contributed by atoms with E-state index in [1.54, 1.807) is 30.3 Å². The Kier molecular flexibility index (Phi) is 34.6. The second kappa shape index (κ2) is 39.7. The Hall–Kier alpha value is -6.89. The minimum Gasteiger partial charge on any atom is -0.391 e. The van der Waals surface area contributed by atoms with Crippen LogP contribution in [0.15, 0.2) is 30.3 Å². The molecule has 1 fully saturated rings. The highest BCUT2D eigenvalue weighted by molar-refractivity contribution is 5.99. The molecule has 1 heterocycles. The fourth-order valence-corrected chi connectivity index (χ4v) is 9.31. The van der Waals surface area contributed by atoms with Gasteiger partial charge < -0.3 is 97.4 Å². The van der Waals surface area contributed by atoms with Crippen LogP contribution in [-0.4, -0.2) is 187 Å². The van der Waals surface area contributed by atoms with Crippen LogP contribution < -0.4 is 87.2 Å². The fourth-order valence-electron chi connectivity index (χ4n) is 9.31. The van der Waals surface area contributed by atoms with Crippen molar-refractivity contribution in [3.8, 4) is 0 Å². The molecule has 11 amide bonds. The van der Waals surface area contributed by atoms with Gasteiger partial charge in [0.15, 0.2) is 0 Å². The molecule has 85 heavy (non-hydrogen) atoms. The third-order valence-corrected chi connectivity index (χ3v) is 14.4. The molecule has 13 atom stereocenters. The van der Waals surface area contributed by atoms with Gasteiger partial charge >= 0.3 is 0 Å². The second-order valence-electron chi connectivity index (χ2n) is 22.4. The molecular weight excluding hydrogens is 1100 g/mol. The van der Waals surface area contributed by atoms with E-state index in [2.05, 4.69) is 101 Å². The lowest BCUT2D eigenvalue weighted by Gasteiger charge is -2.28. The summed E-state index contributed by atoms with van der Waals surface area (Å²) in [7, 11) is 0. The zero-order chi connectivity index (χ0) is 63.8. The lowest BCUT2D eigenvalue weighted by Crippen LogP contribution is -2.63. The second-order valence-corrected chi connectivity index (χ2v) is 22.4. The molecule has 29 nitrogen and oxygen atoms in total. The first-order valence-corrected chi connectivity index (χ1v) is 30.0. The van der Waals surface area contributed by atoms with E-state index >= 15 is 0 Å². The summed E-state index contributed by atoms with van der Waals surface area (Å²) in [4.78, 5) is 154. The van der Waals surface area contributed by atoms with Gasteiger partial charge in [-0.15, -0.1) is 0 Å². The van der Waals surface area contributed by atoms with Crippen LogP contribution in [0.25, 0.3) is 0 Å². The zero-order valence-electron chi connectivity index (χ0n) is 50.8. The Morgan fingerprint density at radius 3 is 1.56 bits per heavy atom. The first kappa shape index (κ1) is 74.2. The predicted molar refractivity (Wildman–Crippen MR) is 310 cm³/mol. The van der Waals surface area contributed by atoms with Gasteiger partial charge in [0.05, 0.1) is 44.9 Å². The maximum Gasteiger partial charge on any atom is 0.245 e. The van der Waals surface area contributed by atoms with Crippen LogP contribution in [0.2, 0.25) is 0 Å². The van der Waals surface area contributed by atoms with E-state index in [1.807, 2.05) is 13.8 Å². The minimum atomic E-state index is -1.65. The maximum atomic E-state index is 14.6. The largest absolute Gasteiger partial charge is 0.391 e. The highest BCUT2D eigenvalue weighted by Gasteiger charge is 2.38. The van der Waals surface area contributed by atoms with Crippen LogP contribution in [-0.2, 0) is 59.2 Å². The summed E-state index contributed by atoms with van der Waals surface area (Å²) in [5, 5.41) is 50.4. The van der Waals surface area contributed by atoms with E-state index < -0.39 is 145 Å². The summed E-state index contributed by atoms with van der Waals surface area (Å²) in [6.45, 7) is 10.5. The van der Waals surface area contributed by atoms with Crippen LogP contribution in [0.3, 0.4) is 0 Å². The van der Waals surface area contributed by atoms with Gasteiger partial charge in [0, 0.05) is 51.5 Å². The number of hydrogen-bond donors (Lipinski definition) is 18. The average molecular weight is 1210 g/mol. The lowest BCUT2D eigenvalue weighted by molar-refractivity contribution is -0.369. The molecule has 28 N–H and O–H groups in total. The van der Waals surface area contributed by atoms with Crippen molar-refractivity contribution >= 4 is 65.0 Å².